The molecule has 0 saturated carbocycles. The summed E-state index contributed by atoms with van der Waals surface area (Å²) < 4.78 is 0. The Morgan fingerprint density at radius 1 is 0.733 bits per heavy atom. The molecule has 0 unspecified atom stereocenters. The van der Waals surface area contributed by atoms with Gasteiger partial charge in [-0.2, -0.15) is 5.26 Å². The third-order valence-electron chi connectivity index (χ3n) is 5.25. The molecule has 154 valence electrons. The minimum atomic E-state index is -0.607. The molecule has 3 aromatic rings. The molecular formula is C26H28N2O2. The molecule has 4 heteroatoms. The first kappa shape index (κ1) is 21.7. The van der Waals surface area contributed by atoms with E-state index in [1.54, 1.807) is 0 Å². The van der Waals surface area contributed by atoms with Crippen LogP contribution in [0, 0.1) is 11.3 Å². The van der Waals surface area contributed by atoms with E-state index in [4.69, 9.17) is 5.26 Å². The first-order valence-electron chi connectivity index (χ1n) is 10.3. The van der Waals surface area contributed by atoms with Gasteiger partial charge in [0.2, 0.25) is 0 Å². The van der Waals surface area contributed by atoms with Crippen molar-refractivity contribution in [1.29, 1.82) is 5.26 Å². The Morgan fingerprint density at radius 2 is 1.23 bits per heavy atom. The van der Waals surface area contributed by atoms with Gasteiger partial charge in [-0.05, 0) is 48.2 Å². The fourth-order valence-corrected chi connectivity index (χ4v) is 3.56. The third kappa shape index (κ3) is 6.53. The van der Waals surface area contributed by atoms with E-state index in [9.17, 15) is 10.2 Å². The van der Waals surface area contributed by atoms with Crippen LogP contribution in [0.3, 0.4) is 0 Å². The molecule has 2 N–H and O–H groups in total. The molecule has 30 heavy (non-hydrogen) atoms. The van der Waals surface area contributed by atoms with E-state index in [-0.39, 0.29) is 0 Å². The van der Waals surface area contributed by atoms with Crippen LogP contribution < -0.4 is 0 Å². The zero-order valence-electron chi connectivity index (χ0n) is 17.1. The molecule has 3 aromatic carbocycles. The van der Waals surface area contributed by atoms with Crippen LogP contribution in [0.15, 0.2) is 84.9 Å². The van der Waals surface area contributed by atoms with Crippen LogP contribution in [0.4, 0.5) is 0 Å². The highest BCUT2D eigenvalue weighted by Gasteiger charge is 2.17. The van der Waals surface area contributed by atoms with Crippen LogP contribution in [0.2, 0.25) is 0 Å². The van der Waals surface area contributed by atoms with Crippen LogP contribution >= 0.6 is 0 Å². The minimum Gasteiger partial charge on any atom is -0.387 e. The number of hydrogen-bond acceptors (Lipinski definition) is 4. The lowest BCUT2D eigenvalue weighted by Crippen LogP contribution is -2.34. The maximum absolute atomic E-state index is 10.7. The van der Waals surface area contributed by atoms with Crippen molar-refractivity contribution in [2.24, 2.45) is 0 Å². The Bertz CT molecular complexity index is 873. The molecule has 4 nitrogen and oxygen atoms in total. The molecule has 0 aromatic heterocycles. The molecule has 0 bridgehead atoms. The lowest BCUT2D eigenvalue weighted by molar-refractivity contribution is 0.0682. The smallest absolute Gasteiger partial charge is 0.0991 e. The monoisotopic (exact) mass is 400 g/mol. The SMILES string of the molecule is N#Cc1ccc(CCCN(C[C@H](O)c2ccccc2)C[C@H](O)c2ccccc2)cc1. The molecule has 0 aliphatic heterocycles. The van der Waals surface area contributed by atoms with Crippen molar-refractivity contribution in [2.45, 2.75) is 25.0 Å². The molecule has 0 spiro atoms. The van der Waals surface area contributed by atoms with Gasteiger partial charge >= 0.3 is 0 Å². The topological polar surface area (TPSA) is 67.5 Å². The molecule has 2 atom stereocenters. The van der Waals surface area contributed by atoms with Crippen LogP contribution in [0.25, 0.3) is 0 Å². The molecule has 0 aliphatic carbocycles. The zero-order chi connectivity index (χ0) is 21.2. The summed E-state index contributed by atoms with van der Waals surface area (Å²) in [7, 11) is 0. The average molecular weight is 401 g/mol. The number of benzene rings is 3. The molecule has 0 radical (unpaired) electrons. The minimum absolute atomic E-state index is 0.460. The molecule has 0 heterocycles. The predicted molar refractivity (Wildman–Crippen MR) is 119 cm³/mol. The van der Waals surface area contributed by atoms with Gasteiger partial charge in [0.1, 0.15) is 0 Å². The number of nitriles is 1. The van der Waals surface area contributed by atoms with Crippen molar-refractivity contribution in [3.63, 3.8) is 0 Å². The van der Waals surface area contributed by atoms with E-state index < -0.39 is 12.2 Å². The number of nitrogens with zero attached hydrogens (tertiary/aromatic N) is 2. The Hall–Kier alpha value is -2.97. The zero-order valence-corrected chi connectivity index (χ0v) is 17.1. The maximum atomic E-state index is 10.7. The summed E-state index contributed by atoms with van der Waals surface area (Å²) in [5.41, 5.74) is 3.60. The van der Waals surface area contributed by atoms with Crippen LogP contribution in [-0.4, -0.2) is 34.7 Å². The van der Waals surface area contributed by atoms with Crippen LogP contribution in [0.1, 0.15) is 40.9 Å². The average Bonchev–Trinajstić information content (AvgIpc) is 2.80. The number of hydrogen-bond donors (Lipinski definition) is 2. The normalized spacial score (nSPS) is 13.0. The van der Waals surface area contributed by atoms with E-state index >= 15 is 0 Å². The Morgan fingerprint density at radius 3 is 1.70 bits per heavy atom. The van der Waals surface area contributed by atoms with Crippen molar-refractivity contribution in [3.05, 3.63) is 107 Å². The van der Waals surface area contributed by atoms with Gasteiger partial charge < -0.3 is 10.2 Å². The van der Waals surface area contributed by atoms with Gasteiger partial charge in [0.15, 0.2) is 0 Å². The van der Waals surface area contributed by atoms with Gasteiger partial charge in [0, 0.05) is 13.1 Å². The fourth-order valence-electron chi connectivity index (χ4n) is 3.56. The second kappa shape index (κ2) is 11.3. The van der Waals surface area contributed by atoms with Crippen molar-refractivity contribution >= 4 is 0 Å². The standard InChI is InChI=1S/C26H28N2O2/c27-18-22-15-13-21(14-16-22)8-7-17-28(19-25(29)23-9-3-1-4-10-23)20-26(30)24-11-5-2-6-12-24/h1-6,9-16,25-26,29-30H,7-8,17,19-20H2/t25-,26-/m0/s1. The quantitative estimate of drug-likeness (QED) is 0.534. The van der Waals surface area contributed by atoms with E-state index in [0.717, 1.165) is 30.5 Å². The summed E-state index contributed by atoms with van der Waals surface area (Å²) >= 11 is 0. The number of rotatable bonds is 10. The first-order chi connectivity index (χ1) is 14.7. The largest absolute Gasteiger partial charge is 0.387 e. The lowest BCUT2D eigenvalue weighted by atomic mass is 10.1. The summed E-state index contributed by atoms with van der Waals surface area (Å²) in [6.07, 6.45) is 0.563. The molecule has 0 aliphatic rings. The van der Waals surface area contributed by atoms with E-state index in [0.29, 0.717) is 18.7 Å². The second-order valence-electron chi connectivity index (χ2n) is 7.52. The summed E-state index contributed by atoms with van der Waals surface area (Å²) in [6, 6.07) is 29.0. The van der Waals surface area contributed by atoms with Gasteiger partial charge in [-0.15, -0.1) is 0 Å². The predicted octanol–water partition coefficient (Wildman–Crippen LogP) is 4.26. The van der Waals surface area contributed by atoms with Crippen molar-refractivity contribution < 1.29 is 10.2 Å². The molecular weight excluding hydrogens is 372 g/mol. The van der Waals surface area contributed by atoms with Gasteiger partial charge in [0.05, 0.1) is 23.8 Å². The molecule has 0 saturated heterocycles. The highest BCUT2D eigenvalue weighted by Crippen LogP contribution is 2.19. The van der Waals surface area contributed by atoms with E-state index in [2.05, 4.69) is 11.0 Å². The summed E-state index contributed by atoms with van der Waals surface area (Å²) in [6.45, 7) is 1.68. The van der Waals surface area contributed by atoms with Gasteiger partial charge in [-0.3, -0.25) is 4.90 Å². The highest BCUT2D eigenvalue weighted by molar-refractivity contribution is 5.31. The Labute approximate surface area is 178 Å². The number of aliphatic hydroxyl groups is 2. The second-order valence-corrected chi connectivity index (χ2v) is 7.52. The number of aryl methyl sites for hydroxylation is 1. The van der Waals surface area contributed by atoms with Crippen molar-refractivity contribution in [1.82, 2.24) is 4.90 Å². The first-order valence-corrected chi connectivity index (χ1v) is 10.3. The maximum Gasteiger partial charge on any atom is 0.0991 e. The van der Waals surface area contributed by atoms with Gasteiger partial charge in [-0.1, -0.05) is 72.8 Å². The number of aliphatic hydroxyl groups excluding tert-OH is 2. The molecule has 3 rings (SSSR count). The summed E-state index contributed by atoms with van der Waals surface area (Å²) in [5, 5.41) is 30.3. The van der Waals surface area contributed by atoms with E-state index in [1.807, 2.05) is 84.9 Å². The Balaban J connectivity index is 1.62. The van der Waals surface area contributed by atoms with Crippen molar-refractivity contribution in [2.75, 3.05) is 19.6 Å². The van der Waals surface area contributed by atoms with Crippen molar-refractivity contribution in [3.8, 4) is 6.07 Å². The van der Waals surface area contributed by atoms with Crippen LogP contribution in [-0.2, 0) is 6.42 Å². The Kier molecular flexibility index (Phi) is 8.17. The van der Waals surface area contributed by atoms with E-state index in [1.165, 1.54) is 5.56 Å². The third-order valence-corrected chi connectivity index (χ3v) is 5.25. The van der Waals surface area contributed by atoms with Gasteiger partial charge in [0.25, 0.3) is 0 Å². The molecule has 0 fully saturated rings. The lowest BCUT2D eigenvalue weighted by Gasteiger charge is -2.27. The highest BCUT2D eigenvalue weighted by atomic mass is 16.3. The van der Waals surface area contributed by atoms with Gasteiger partial charge in [-0.25, -0.2) is 0 Å². The van der Waals surface area contributed by atoms with Crippen LogP contribution in [0.5, 0.6) is 0 Å². The fraction of sp³-hybridized carbons (Fsp3) is 0.269. The molecule has 0 amide bonds. The summed E-state index contributed by atoms with van der Waals surface area (Å²) in [5.74, 6) is 0. The summed E-state index contributed by atoms with van der Waals surface area (Å²) in [4.78, 5) is 2.12.